The van der Waals surface area contributed by atoms with Crippen molar-refractivity contribution in [3.05, 3.63) is 36.0 Å². The molecular formula is C15H19NO2. The summed E-state index contributed by atoms with van der Waals surface area (Å²) in [6, 6.07) is 8.14. The quantitative estimate of drug-likeness (QED) is 0.841. The van der Waals surface area contributed by atoms with E-state index in [2.05, 4.69) is 24.9 Å². The first-order valence-corrected chi connectivity index (χ1v) is 6.26. The molecule has 0 unspecified atom stereocenters. The van der Waals surface area contributed by atoms with E-state index in [4.69, 9.17) is 4.74 Å². The maximum absolute atomic E-state index is 11.8. The summed E-state index contributed by atoms with van der Waals surface area (Å²) < 4.78 is 4.89. The van der Waals surface area contributed by atoms with Crippen molar-refractivity contribution >= 4 is 16.9 Å². The lowest BCUT2D eigenvalue weighted by atomic mass is 9.89. The van der Waals surface area contributed by atoms with Crippen LogP contribution in [0.2, 0.25) is 0 Å². The summed E-state index contributed by atoms with van der Waals surface area (Å²) in [7, 11) is 1.45. The van der Waals surface area contributed by atoms with Crippen LogP contribution < -0.4 is 0 Å². The van der Waals surface area contributed by atoms with Gasteiger partial charge in [-0.2, -0.15) is 0 Å². The van der Waals surface area contributed by atoms with Gasteiger partial charge in [-0.15, -0.1) is 0 Å². The Kier molecular flexibility index (Phi) is 3.70. The highest BCUT2D eigenvalue weighted by Crippen LogP contribution is 2.24. The molecule has 0 spiro atoms. The molecule has 0 radical (unpaired) electrons. The summed E-state index contributed by atoms with van der Waals surface area (Å²) in [6.45, 7) is 4.10. The molecule has 0 amide bonds. The maximum Gasteiger partial charge on any atom is 0.309 e. The minimum absolute atomic E-state index is 0.0887. The zero-order chi connectivity index (χ0) is 13.1. The minimum Gasteiger partial charge on any atom is -0.469 e. The van der Waals surface area contributed by atoms with Crippen LogP contribution in [-0.2, 0) is 16.0 Å². The van der Waals surface area contributed by atoms with Gasteiger partial charge in [0.2, 0.25) is 0 Å². The van der Waals surface area contributed by atoms with Crippen molar-refractivity contribution in [3.8, 4) is 0 Å². The topological polar surface area (TPSA) is 42.1 Å². The largest absolute Gasteiger partial charge is 0.469 e. The molecule has 0 fully saturated rings. The van der Waals surface area contributed by atoms with E-state index >= 15 is 0 Å². The van der Waals surface area contributed by atoms with Gasteiger partial charge in [0, 0.05) is 17.1 Å². The molecule has 1 heterocycles. The van der Waals surface area contributed by atoms with E-state index in [9.17, 15) is 4.79 Å². The van der Waals surface area contributed by atoms with Crippen LogP contribution in [0.15, 0.2) is 30.5 Å². The van der Waals surface area contributed by atoms with Gasteiger partial charge in [-0.25, -0.2) is 0 Å². The number of esters is 1. The third-order valence-corrected chi connectivity index (χ3v) is 3.42. The average Bonchev–Trinajstić information content (AvgIpc) is 2.78. The number of ether oxygens (including phenoxy) is 1. The van der Waals surface area contributed by atoms with Crippen molar-refractivity contribution in [1.82, 2.24) is 4.98 Å². The zero-order valence-electron chi connectivity index (χ0n) is 11.1. The Labute approximate surface area is 107 Å². The van der Waals surface area contributed by atoms with Gasteiger partial charge >= 0.3 is 5.97 Å². The lowest BCUT2D eigenvalue weighted by molar-refractivity contribution is -0.146. The first-order chi connectivity index (χ1) is 8.63. The van der Waals surface area contributed by atoms with E-state index < -0.39 is 0 Å². The van der Waals surface area contributed by atoms with Gasteiger partial charge in [-0.3, -0.25) is 4.79 Å². The number of para-hydroxylation sites is 1. The summed E-state index contributed by atoms with van der Waals surface area (Å²) in [5, 5.41) is 1.19. The van der Waals surface area contributed by atoms with Crippen LogP contribution in [0.3, 0.4) is 0 Å². The number of hydrogen-bond acceptors (Lipinski definition) is 2. The van der Waals surface area contributed by atoms with Crippen molar-refractivity contribution in [2.45, 2.75) is 20.3 Å². The Morgan fingerprint density at radius 2 is 2.06 bits per heavy atom. The zero-order valence-corrected chi connectivity index (χ0v) is 11.1. The second-order valence-electron chi connectivity index (χ2n) is 4.94. The lowest BCUT2D eigenvalue weighted by Gasteiger charge is -2.17. The third kappa shape index (κ3) is 2.40. The van der Waals surface area contributed by atoms with E-state index in [-0.39, 0.29) is 17.8 Å². The van der Waals surface area contributed by atoms with E-state index in [0.29, 0.717) is 6.42 Å². The summed E-state index contributed by atoms with van der Waals surface area (Å²) in [5.41, 5.74) is 2.29. The van der Waals surface area contributed by atoms with Crippen molar-refractivity contribution in [2.24, 2.45) is 11.8 Å². The molecule has 1 aromatic heterocycles. The van der Waals surface area contributed by atoms with E-state index in [0.717, 1.165) is 5.52 Å². The maximum atomic E-state index is 11.8. The summed E-state index contributed by atoms with van der Waals surface area (Å²) in [6.07, 6.45) is 2.71. The first-order valence-electron chi connectivity index (χ1n) is 6.26. The van der Waals surface area contributed by atoms with E-state index in [1.807, 2.05) is 24.4 Å². The fourth-order valence-corrected chi connectivity index (χ4v) is 2.28. The molecule has 1 aromatic carbocycles. The molecule has 2 aromatic rings. The average molecular weight is 245 g/mol. The minimum atomic E-state index is -0.129. The van der Waals surface area contributed by atoms with Crippen LogP contribution in [-0.4, -0.2) is 18.1 Å². The predicted molar refractivity (Wildman–Crippen MR) is 72.3 cm³/mol. The number of carbonyl (C=O) groups is 1. The number of nitrogens with one attached hydrogen (secondary N) is 1. The molecule has 0 bridgehead atoms. The van der Waals surface area contributed by atoms with Gasteiger partial charge in [-0.1, -0.05) is 32.0 Å². The van der Waals surface area contributed by atoms with Crippen molar-refractivity contribution < 1.29 is 9.53 Å². The number of aromatic nitrogens is 1. The van der Waals surface area contributed by atoms with Crippen LogP contribution in [0, 0.1) is 11.8 Å². The van der Waals surface area contributed by atoms with Crippen LogP contribution in [0.4, 0.5) is 0 Å². The Morgan fingerprint density at radius 1 is 1.33 bits per heavy atom. The standard InChI is InChI=1S/C15H19NO2/c1-10(2)13(15(17)18-3)8-11-9-16-14-7-5-4-6-12(11)14/h4-7,9-10,13,16H,8H2,1-3H3/t13-/m1/s1. The normalized spacial score (nSPS) is 12.9. The smallest absolute Gasteiger partial charge is 0.309 e. The number of benzene rings is 1. The lowest BCUT2D eigenvalue weighted by Crippen LogP contribution is -2.23. The molecule has 0 aliphatic carbocycles. The molecular weight excluding hydrogens is 226 g/mol. The predicted octanol–water partition coefficient (Wildman–Crippen LogP) is 3.16. The Hall–Kier alpha value is -1.77. The number of H-pyrrole nitrogens is 1. The van der Waals surface area contributed by atoms with Gasteiger partial charge in [-0.05, 0) is 24.0 Å². The number of methoxy groups -OCH3 is 1. The monoisotopic (exact) mass is 245 g/mol. The molecule has 0 aliphatic rings. The van der Waals surface area contributed by atoms with Crippen LogP contribution in [0.5, 0.6) is 0 Å². The first kappa shape index (κ1) is 12.7. The molecule has 0 saturated carbocycles. The van der Waals surface area contributed by atoms with Gasteiger partial charge < -0.3 is 9.72 Å². The molecule has 3 nitrogen and oxygen atoms in total. The van der Waals surface area contributed by atoms with E-state index in [1.54, 1.807) is 0 Å². The highest BCUT2D eigenvalue weighted by atomic mass is 16.5. The van der Waals surface area contributed by atoms with Crippen LogP contribution in [0.1, 0.15) is 19.4 Å². The fraction of sp³-hybridized carbons (Fsp3) is 0.400. The summed E-state index contributed by atoms with van der Waals surface area (Å²) in [4.78, 5) is 15.0. The molecule has 1 N–H and O–H groups in total. The fourth-order valence-electron chi connectivity index (χ4n) is 2.28. The number of fused-ring (bicyclic) bond motifs is 1. The molecule has 1 atom stereocenters. The van der Waals surface area contributed by atoms with Crippen LogP contribution in [0.25, 0.3) is 10.9 Å². The second-order valence-corrected chi connectivity index (χ2v) is 4.94. The van der Waals surface area contributed by atoms with Crippen molar-refractivity contribution in [3.63, 3.8) is 0 Å². The molecule has 3 heteroatoms. The van der Waals surface area contributed by atoms with Gasteiger partial charge in [0.15, 0.2) is 0 Å². The molecule has 0 saturated heterocycles. The number of aromatic amines is 1. The Balaban J connectivity index is 2.29. The SMILES string of the molecule is COC(=O)[C@H](Cc1c[nH]c2ccccc12)C(C)C. The van der Waals surface area contributed by atoms with Gasteiger partial charge in [0.05, 0.1) is 13.0 Å². The Bertz CT molecular complexity index is 542. The van der Waals surface area contributed by atoms with E-state index in [1.165, 1.54) is 18.1 Å². The van der Waals surface area contributed by atoms with Crippen LogP contribution >= 0.6 is 0 Å². The number of carbonyl (C=O) groups excluding carboxylic acids is 1. The summed E-state index contributed by atoms with van der Waals surface area (Å²) >= 11 is 0. The third-order valence-electron chi connectivity index (χ3n) is 3.42. The van der Waals surface area contributed by atoms with Gasteiger partial charge in [0.25, 0.3) is 0 Å². The van der Waals surface area contributed by atoms with Gasteiger partial charge in [0.1, 0.15) is 0 Å². The molecule has 96 valence electrons. The molecule has 0 aliphatic heterocycles. The number of hydrogen-bond donors (Lipinski definition) is 1. The van der Waals surface area contributed by atoms with Crippen molar-refractivity contribution in [1.29, 1.82) is 0 Å². The highest BCUT2D eigenvalue weighted by Gasteiger charge is 2.24. The Morgan fingerprint density at radius 3 is 2.72 bits per heavy atom. The summed E-state index contributed by atoms with van der Waals surface area (Å²) in [5.74, 6) is 0.0515. The molecule has 18 heavy (non-hydrogen) atoms. The highest BCUT2D eigenvalue weighted by molar-refractivity contribution is 5.84. The molecule has 2 rings (SSSR count). The second kappa shape index (κ2) is 5.25. The number of rotatable bonds is 4. The van der Waals surface area contributed by atoms with Crippen molar-refractivity contribution in [2.75, 3.05) is 7.11 Å².